The van der Waals surface area contributed by atoms with Crippen LogP contribution in [0, 0.1) is 0 Å². The molecule has 0 spiro atoms. The van der Waals surface area contributed by atoms with E-state index >= 15 is 0 Å². The number of aryl methyl sites for hydroxylation is 1. The van der Waals surface area contributed by atoms with Crippen molar-refractivity contribution in [1.82, 2.24) is 14.3 Å². The molecule has 4 aromatic rings. The van der Waals surface area contributed by atoms with E-state index in [9.17, 15) is 9.59 Å². The van der Waals surface area contributed by atoms with E-state index in [0.29, 0.717) is 12.1 Å². The van der Waals surface area contributed by atoms with Crippen molar-refractivity contribution in [2.24, 2.45) is 0 Å². The molecule has 1 amide bonds. The Morgan fingerprint density at radius 2 is 1.72 bits per heavy atom. The number of hydrogen-bond donors (Lipinski definition) is 0. The summed E-state index contributed by atoms with van der Waals surface area (Å²) >= 11 is 0. The van der Waals surface area contributed by atoms with E-state index in [1.807, 2.05) is 66.1 Å². The third-order valence-corrected chi connectivity index (χ3v) is 5.19. The number of carbonyl (C=O) groups is 1. The van der Waals surface area contributed by atoms with Crippen LogP contribution in [0.15, 0.2) is 65.6 Å². The molecule has 0 aliphatic carbocycles. The molecular weight excluding hydrogens is 364 g/mol. The number of anilines is 1. The van der Waals surface area contributed by atoms with Gasteiger partial charge in [-0.05, 0) is 31.5 Å². The highest BCUT2D eigenvalue weighted by Crippen LogP contribution is 2.26. The largest absolute Gasteiger partial charge is 0.336 e. The highest BCUT2D eigenvalue weighted by molar-refractivity contribution is 6.07. The number of carbonyl (C=O) groups excluding carboxylic acids is 1. The molecule has 0 saturated heterocycles. The Balaban J connectivity index is 1.78. The number of amides is 1. The molecule has 0 radical (unpaired) electrons. The smallest absolute Gasteiger partial charge is 0.291 e. The lowest BCUT2D eigenvalue weighted by molar-refractivity contribution is -0.119. The monoisotopic (exact) mass is 388 g/mol. The average molecular weight is 388 g/mol. The summed E-state index contributed by atoms with van der Waals surface area (Å²) in [6.45, 7) is 5.18. The molecule has 0 bridgehead atoms. The van der Waals surface area contributed by atoms with E-state index in [2.05, 4.69) is 12.0 Å². The average Bonchev–Trinajstić information content (AvgIpc) is 3.06. The lowest BCUT2D eigenvalue weighted by Crippen LogP contribution is -2.37. The van der Waals surface area contributed by atoms with Crippen molar-refractivity contribution < 1.29 is 4.79 Å². The summed E-state index contributed by atoms with van der Waals surface area (Å²) in [5, 5.41) is 6.17. The SMILES string of the molecule is CCCn1c2ccccc2c2cnn(CC(=O)N(CC)c3ccccc3)c(=O)c21. The van der Waals surface area contributed by atoms with E-state index < -0.39 is 0 Å². The van der Waals surface area contributed by atoms with Crippen LogP contribution in [-0.2, 0) is 17.9 Å². The minimum atomic E-state index is -0.232. The molecule has 0 aliphatic rings. The van der Waals surface area contributed by atoms with Crippen LogP contribution in [0.25, 0.3) is 21.8 Å². The molecule has 148 valence electrons. The highest BCUT2D eigenvalue weighted by atomic mass is 16.2. The third-order valence-electron chi connectivity index (χ3n) is 5.19. The lowest BCUT2D eigenvalue weighted by Gasteiger charge is -2.21. The first kappa shape index (κ1) is 18.9. The topological polar surface area (TPSA) is 60.1 Å². The van der Waals surface area contributed by atoms with Crippen molar-refractivity contribution in [2.75, 3.05) is 11.4 Å². The fourth-order valence-corrected chi connectivity index (χ4v) is 3.89. The van der Waals surface area contributed by atoms with Crippen molar-refractivity contribution in [3.63, 3.8) is 0 Å². The Morgan fingerprint density at radius 3 is 2.45 bits per heavy atom. The number of aromatic nitrogens is 3. The second kappa shape index (κ2) is 7.91. The molecule has 2 heterocycles. The first-order chi connectivity index (χ1) is 14.2. The van der Waals surface area contributed by atoms with Gasteiger partial charge in [0, 0.05) is 35.1 Å². The van der Waals surface area contributed by atoms with E-state index in [0.717, 1.165) is 34.9 Å². The molecule has 2 aromatic heterocycles. The minimum absolute atomic E-state index is 0.0921. The summed E-state index contributed by atoms with van der Waals surface area (Å²) in [5.74, 6) is -0.161. The Morgan fingerprint density at radius 1 is 1.00 bits per heavy atom. The van der Waals surface area contributed by atoms with Gasteiger partial charge in [0.2, 0.25) is 5.91 Å². The van der Waals surface area contributed by atoms with Gasteiger partial charge < -0.3 is 9.47 Å². The summed E-state index contributed by atoms with van der Waals surface area (Å²) in [6.07, 6.45) is 2.61. The number of nitrogens with zero attached hydrogens (tertiary/aromatic N) is 4. The fourth-order valence-electron chi connectivity index (χ4n) is 3.89. The van der Waals surface area contributed by atoms with Crippen molar-refractivity contribution in [3.05, 3.63) is 71.1 Å². The molecule has 0 unspecified atom stereocenters. The molecule has 0 aliphatic heterocycles. The Kier molecular flexibility index (Phi) is 5.16. The van der Waals surface area contributed by atoms with Crippen molar-refractivity contribution in [1.29, 1.82) is 0 Å². The molecule has 0 atom stereocenters. The molecule has 6 nitrogen and oxygen atoms in total. The maximum absolute atomic E-state index is 13.3. The zero-order valence-electron chi connectivity index (χ0n) is 16.7. The summed E-state index contributed by atoms with van der Waals surface area (Å²) in [7, 11) is 0. The first-order valence-electron chi connectivity index (χ1n) is 9.98. The maximum Gasteiger partial charge on any atom is 0.291 e. The van der Waals surface area contributed by atoms with E-state index in [1.165, 1.54) is 4.68 Å². The molecule has 0 saturated carbocycles. The molecule has 0 fully saturated rings. The number of hydrogen-bond acceptors (Lipinski definition) is 3. The molecule has 0 N–H and O–H groups in total. The second-order valence-electron chi connectivity index (χ2n) is 7.01. The normalized spacial score (nSPS) is 11.2. The van der Waals surface area contributed by atoms with E-state index in [4.69, 9.17) is 0 Å². The van der Waals surface area contributed by atoms with Crippen LogP contribution >= 0.6 is 0 Å². The van der Waals surface area contributed by atoms with Crippen LogP contribution < -0.4 is 10.5 Å². The Hall–Kier alpha value is -3.41. The molecule has 29 heavy (non-hydrogen) atoms. The van der Waals surface area contributed by atoms with Gasteiger partial charge in [0.05, 0.1) is 6.20 Å². The number of para-hydroxylation sites is 2. The van der Waals surface area contributed by atoms with Gasteiger partial charge in [-0.3, -0.25) is 9.59 Å². The van der Waals surface area contributed by atoms with Gasteiger partial charge in [-0.15, -0.1) is 0 Å². The molecule has 6 heteroatoms. The summed E-state index contributed by atoms with van der Waals surface area (Å²) in [5.41, 5.74) is 2.21. The van der Waals surface area contributed by atoms with Crippen LogP contribution in [0.4, 0.5) is 5.69 Å². The molecule has 4 rings (SSSR count). The number of rotatable bonds is 6. The first-order valence-corrected chi connectivity index (χ1v) is 9.98. The summed E-state index contributed by atoms with van der Waals surface area (Å²) < 4.78 is 3.33. The van der Waals surface area contributed by atoms with Crippen molar-refractivity contribution >= 4 is 33.4 Å². The lowest BCUT2D eigenvalue weighted by atomic mass is 10.2. The van der Waals surface area contributed by atoms with Gasteiger partial charge in [0.15, 0.2) is 0 Å². The van der Waals surface area contributed by atoms with Crippen LogP contribution in [0.1, 0.15) is 20.3 Å². The van der Waals surface area contributed by atoms with Crippen LogP contribution in [0.5, 0.6) is 0 Å². The second-order valence-corrected chi connectivity index (χ2v) is 7.01. The number of likely N-dealkylation sites (N-methyl/N-ethyl adjacent to an activating group) is 1. The fraction of sp³-hybridized carbons (Fsp3) is 0.261. The van der Waals surface area contributed by atoms with Gasteiger partial charge in [-0.2, -0.15) is 5.10 Å². The van der Waals surface area contributed by atoms with Gasteiger partial charge in [0.1, 0.15) is 12.1 Å². The minimum Gasteiger partial charge on any atom is -0.336 e. The van der Waals surface area contributed by atoms with Crippen LogP contribution in [-0.4, -0.2) is 26.8 Å². The molecule has 2 aromatic carbocycles. The Labute approximate surface area is 169 Å². The van der Waals surface area contributed by atoms with Gasteiger partial charge in [-0.1, -0.05) is 43.3 Å². The van der Waals surface area contributed by atoms with Gasteiger partial charge in [-0.25, -0.2) is 4.68 Å². The third kappa shape index (κ3) is 3.31. The van der Waals surface area contributed by atoms with Gasteiger partial charge in [0.25, 0.3) is 5.56 Å². The standard InChI is InChI=1S/C23H24N4O2/c1-3-14-26-20-13-9-8-12-18(20)19-15-24-27(23(29)22(19)26)16-21(28)25(4-2)17-10-6-5-7-11-17/h5-13,15H,3-4,14,16H2,1-2H3. The predicted molar refractivity (Wildman–Crippen MR) is 116 cm³/mol. The van der Waals surface area contributed by atoms with Crippen LogP contribution in [0.2, 0.25) is 0 Å². The van der Waals surface area contributed by atoms with Crippen molar-refractivity contribution in [3.8, 4) is 0 Å². The zero-order chi connectivity index (χ0) is 20.4. The predicted octanol–water partition coefficient (Wildman–Crippen LogP) is 3.81. The number of benzene rings is 2. The van der Waals surface area contributed by atoms with E-state index in [-0.39, 0.29) is 18.0 Å². The quantitative estimate of drug-likeness (QED) is 0.505. The van der Waals surface area contributed by atoms with Crippen LogP contribution in [0.3, 0.4) is 0 Å². The molecular formula is C23H24N4O2. The Bertz CT molecular complexity index is 1220. The highest BCUT2D eigenvalue weighted by Gasteiger charge is 2.19. The van der Waals surface area contributed by atoms with E-state index in [1.54, 1.807) is 11.1 Å². The van der Waals surface area contributed by atoms with Gasteiger partial charge >= 0.3 is 0 Å². The summed E-state index contributed by atoms with van der Waals surface area (Å²) in [6, 6.07) is 17.4. The zero-order valence-corrected chi connectivity index (χ0v) is 16.7. The number of fused-ring (bicyclic) bond motifs is 3. The van der Waals surface area contributed by atoms with Crippen molar-refractivity contribution in [2.45, 2.75) is 33.4 Å². The maximum atomic E-state index is 13.3. The summed E-state index contributed by atoms with van der Waals surface area (Å²) in [4.78, 5) is 27.9.